The van der Waals surface area contributed by atoms with Crippen molar-refractivity contribution in [2.45, 2.75) is 33.2 Å². The van der Waals surface area contributed by atoms with Crippen molar-refractivity contribution in [1.82, 2.24) is 19.3 Å². The maximum atomic E-state index is 12.7. The van der Waals surface area contributed by atoms with Crippen LogP contribution in [0.15, 0.2) is 24.4 Å². The van der Waals surface area contributed by atoms with Gasteiger partial charge < -0.3 is 10.3 Å². The van der Waals surface area contributed by atoms with Crippen LogP contribution in [-0.4, -0.2) is 31.1 Å². The highest BCUT2D eigenvalue weighted by Gasteiger charge is 2.18. The van der Waals surface area contributed by atoms with Crippen molar-refractivity contribution in [3.8, 4) is 0 Å². The number of nitrogens with two attached hydrogens (primary N) is 1. The van der Waals surface area contributed by atoms with Gasteiger partial charge in [-0.1, -0.05) is 13.8 Å². The van der Waals surface area contributed by atoms with E-state index >= 15 is 0 Å². The van der Waals surface area contributed by atoms with Gasteiger partial charge in [-0.25, -0.2) is 4.98 Å². The molecule has 2 heterocycles. The molecular weight excluding hydrogens is 332 g/mol. The second-order valence-electron chi connectivity index (χ2n) is 6.13. The third-order valence-electron chi connectivity index (χ3n) is 4.19. The summed E-state index contributed by atoms with van der Waals surface area (Å²) in [4.78, 5) is 28.6. The normalized spacial score (nSPS) is 11.0. The highest BCUT2D eigenvalue weighted by molar-refractivity contribution is 6.05. The fraction of sp³-hybridized carbons (Fsp3) is 0.333. The first-order chi connectivity index (χ1) is 12.4. The summed E-state index contributed by atoms with van der Waals surface area (Å²) in [5.74, 6) is -0.317. The van der Waals surface area contributed by atoms with E-state index in [1.54, 1.807) is 36.1 Å². The summed E-state index contributed by atoms with van der Waals surface area (Å²) >= 11 is 0. The van der Waals surface area contributed by atoms with Crippen molar-refractivity contribution in [2.75, 3.05) is 5.32 Å². The molecule has 0 fully saturated rings. The van der Waals surface area contributed by atoms with Crippen LogP contribution < -0.4 is 11.1 Å². The minimum absolute atomic E-state index is 0.252. The van der Waals surface area contributed by atoms with Gasteiger partial charge in [0.1, 0.15) is 0 Å². The van der Waals surface area contributed by atoms with Crippen LogP contribution >= 0.6 is 0 Å². The lowest BCUT2D eigenvalue weighted by atomic mass is 10.2. The molecule has 26 heavy (non-hydrogen) atoms. The lowest BCUT2D eigenvalue weighted by Gasteiger charge is -2.08. The number of aryl methyl sites for hydroxylation is 3. The van der Waals surface area contributed by atoms with Crippen LogP contribution in [-0.2, 0) is 20.0 Å². The molecule has 0 saturated carbocycles. The number of benzene rings is 1. The standard InChI is InChI=1S/C18H22N6O2/c1-4-8-24-15-7-6-11(16(19)25)9-14(15)20-18(24)21-17(26)12-10-23(3)22-13(12)5-2/h6-7,9-10H,4-5,8H2,1-3H3,(H2,19,25)(H,20,21,26). The number of fused-ring (bicyclic) bond motifs is 1. The van der Waals surface area contributed by atoms with Gasteiger partial charge in [-0.2, -0.15) is 5.10 Å². The van der Waals surface area contributed by atoms with Crippen LogP contribution in [0, 0.1) is 0 Å². The molecule has 0 radical (unpaired) electrons. The summed E-state index contributed by atoms with van der Waals surface area (Å²) in [5, 5.41) is 7.18. The van der Waals surface area contributed by atoms with Crippen molar-refractivity contribution in [2.24, 2.45) is 12.8 Å². The molecular formula is C18H22N6O2. The monoisotopic (exact) mass is 354 g/mol. The number of imidazole rings is 1. The van der Waals surface area contributed by atoms with E-state index in [-0.39, 0.29) is 5.91 Å². The number of hydrogen-bond acceptors (Lipinski definition) is 4. The van der Waals surface area contributed by atoms with Gasteiger partial charge in [0.15, 0.2) is 0 Å². The number of carbonyl (C=O) groups is 2. The van der Waals surface area contributed by atoms with Crippen LogP contribution in [0.5, 0.6) is 0 Å². The fourth-order valence-electron chi connectivity index (χ4n) is 2.98. The van der Waals surface area contributed by atoms with Gasteiger partial charge in [-0.3, -0.25) is 19.6 Å². The highest BCUT2D eigenvalue weighted by Crippen LogP contribution is 2.22. The van der Waals surface area contributed by atoms with Gasteiger partial charge in [0, 0.05) is 25.4 Å². The zero-order valence-electron chi connectivity index (χ0n) is 15.1. The molecule has 1 aromatic carbocycles. The van der Waals surface area contributed by atoms with Gasteiger partial charge in [-0.15, -0.1) is 0 Å². The minimum atomic E-state index is -0.509. The summed E-state index contributed by atoms with van der Waals surface area (Å²) in [5.41, 5.74) is 8.46. The first kappa shape index (κ1) is 17.7. The Hall–Kier alpha value is -3.16. The maximum Gasteiger partial charge on any atom is 0.261 e. The molecule has 0 aliphatic carbocycles. The Morgan fingerprint density at radius 2 is 2.04 bits per heavy atom. The Morgan fingerprint density at radius 3 is 2.69 bits per heavy atom. The molecule has 2 aromatic heterocycles. The predicted octanol–water partition coefficient (Wildman–Crippen LogP) is 2.09. The van der Waals surface area contributed by atoms with Crippen LogP contribution in [0.1, 0.15) is 46.7 Å². The quantitative estimate of drug-likeness (QED) is 0.706. The molecule has 0 aliphatic rings. The number of rotatable bonds is 6. The zero-order chi connectivity index (χ0) is 18.8. The Bertz CT molecular complexity index is 985. The Morgan fingerprint density at radius 1 is 1.27 bits per heavy atom. The van der Waals surface area contributed by atoms with Crippen LogP contribution in [0.25, 0.3) is 11.0 Å². The first-order valence-corrected chi connectivity index (χ1v) is 8.58. The largest absolute Gasteiger partial charge is 0.366 e. The van der Waals surface area contributed by atoms with Gasteiger partial charge in [0.2, 0.25) is 11.9 Å². The Kier molecular flexibility index (Phi) is 4.75. The summed E-state index contributed by atoms with van der Waals surface area (Å²) in [6.07, 6.45) is 3.24. The van der Waals surface area contributed by atoms with Crippen molar-refractivity contribution in [3.05, 3.63) is 41.2 Å². The lowest BCUT2D eigenvalue weighted by Crippen LogP contribution is -2.17. The molecule has 8 nitrogen and oxygen atoms in total. The van der Waals surface area contributed by atoms with Gasteiger partial charge >= 0.3 is 0 Å². The summed E-state index contributed by atoms with van der Waals surface area (Å²) in [6.45, 7) is 4.69. The average Bonchev–Trinajstić information content (AvgIpc) is 3.15. The predicted molar refractivity (Wildman–Crippen MR) is 99.1 cm³/mol. The lowest BCUT2D eigenvalue weighted by molar-refractivity contribution is 0.0997. The van der Waals surface area contributed by atoms with E-state index in [2.05, 4.69) is 15.4 Å². The number of nitrogens with one attached hydrogen (secondary N) is 1. The van der Waals surface area contributed by atoms with E-state index in [1.165, 1.54) is 0 Å². The third kappa shape index (κ3) is 3.17. The molecule has 136 valence electrons. The topological polar surface area (TPSA) is 108 Å². The van der Waals surface area contributed by atoms with E-state index in [4.69, 9.17) is 5.73 Å². The van der Waals surface area contributed by atoms with E-state index in [1.807, 2.05) is 18.4 Å². The number of carbonyl (C=O) groups excluding carboxylic acids is 2. The SMILES string of the molecule is CCCn1c(NC(=O)c2cn(C)nc2CC)nc2cc(C(N)=O)ccc21. The maximum absolute atomic E-state index is 12.7. The zero-order valence-corrected chi connectivity index (χ0v) is 15.1. The molecule has 0 spiro atoms. The van der Waals surface area contributed by atoms with Crippen LogP contribution in [0.4, 0.5) is 5.95 Å². The Balaban J connectivity index is 2.01. The van der Waals surface area contributed by atoms with E-state index in [0.717, 1.165) is 17.6 Å². The third-order valence-corrected chi connectivity index (χ3v) is 4.19. The molecule has 3 aromatic rings. The summed E-state index contributed by atoms with van der Waals surface area (Å²) in [6, 6.07) is 5.11. The number of amides is 2. The van der Waals surface area contributed by atoms with E-state index < -0.39 is 5.91 Å². The Labute approximate surface area is 151 Å². The molecule has 0 aliphatic heterocycles. The summed E-state index contributed by atoms with van der Waals surface area (Å²) < 4.78 is 3.56. The van der Waals surface area contributed by atoms with Crippen molar-refractivity contribution < 1.29 is 9.59 Å². The van der Waals surface area contributed by atoms with Crippen LogP contribution in [0.3, 0.4) is 0 Å². The molecule has 3 N–H and O–H groups in total. The second kappa shape index (κ2) is 6.99. The molecule has 0 unspecified atom stereocenters. The summed E-state index contributed by atoms with van der Waals surface area (Å²) in [7, 11) is 1.79. The second-order valence-corrected chi connectivity index (χ2v) is 6.13. The number of hydrogen-bond donors (Lipinski definition) is 2. The molecule has 0 saturated heterocycles. The van der Waals surface area contributed by atoms with Gasteiger partial charge in [-0.05, 0) is 31.0 Å². The van der Waals surface area contributed by atoms with E-state index in [0.29, 0.717) is 35.6 Å². The van der Waals surface area contributed by atoms with Gasteiger partial charge in [0.05, 0.1) is 22.3 Å². The highest BCUT2D eigenvalue weighted by atomic mass is 16.2. The average molecular weight is 354 g/mol. The van der Waals surface area contributed by atoms with E-state index in [9.17, 15) is 9.59 Å². The number of primary amides is 1. The number of aromatic nitrogens is 4. The first-order valence-electron chi connectivity index (χ1n) is 8.58. The number of nitrogens with zero attached hydrogens (tertiary/aromatic N) is 4. The molecule has 2 amide bonds. The molecule has 0 atom stereocenters. The fourth-order valence-corrected chi connectivity index (χ4v) is 2.98. The molecule has 8 heteroatoms. The smallest absolute Gasteiger partial charge is 0.261 e. The minimum Gasteiger partial charge on any atom is -0.366 e. The van der Waals surface area contributed by atoms with Gasteiger partial charge in [0.25, 0.3) is 5.91 Å². The van der Waals surface area contributed by atoms with Crippen molar-refractivity contribution in [1.29, 1.82) is 0 Å². The number of anilines is 1. The van der Waals surface area contributed by atoms with Crippen LogP contribution in [0.2, 0.25) is 0 Å². The molecule has 0 bridgehead atoms. The molecule has 3 rings (SSSR count). The van der Waals surface area contributed by atoms with Crippen molar-refractivity contribution in [3.63, 3.8) is 0 Å². The van der Waals surface area contributed by atoms with Crippen molar-refractivity contribution >= 4 is 28.8 Å².